The number of benzene rings is 2. The Balaban J connectivity index is 2.00. The first-order valence-electron chi connectivity index (χ1n) is 7.54. The van der Waals surface area contributed by atoms with E-state index in [0.717, 1.165) is 0 Å². The molecule has 0 aliphatic heterocycles. The monoisotopic (exact) mass is 354 g/mol. The summed E-state index contributed by atoms with van der Waals surface area (Å²) < 4.78 is 16.0. The van der Waals surface area contributed by atoms with Gasteiger partial charge in [-0.05, 0) is 55.5 Å². The zero-order valence-corrected chi connectivity index (χ0v) is 13.9. The molecule has 0 atom stereocenters. The number of rotatable bonds is 2. The van der Waals surface area contributed by atoms with Crippen LogP contribution in [-0.2, 0) is 0 Å². The van der Waals surface area contributed by atoms with Crippen LogP contribution >= 0.6 is 11.6 Å². The molecule has 0 aliphatic carbocycles. The van der Waals surface area contributed by atoms with Gasteiger partial charge in [-0.3, -0.25) is 4.79 Å². The van der Waals surface area contributed by atoms with Crippen LogP contribution in [-0.4, -0.2) is 19.6 Å². The fourth-order valence-electron chi connectivity index (χ4n) is 2.70. The zero-order chi connectivity index (χ0) is 17.6. The van der Waals surface area contributed by atoms with Crippen LogP contribution in [0.15, 0.2) is 59.5 Å². The lowest BCUT2D eigenvalue weighted by atomic mass is 10.2. The van der Waals surface area contributed by atoms with Gasteiger partial charge in [0.1, 0.15) is 11.3 Å². The van der Waals surface area contributed by atoms with Gasteiger partial charge in [0, 0.05) is 10.4 Å². The van der Waals surface area contributed by atoms with Crippen molar-refractivity contribution in [3.05, 3.63) is 81.6 Å². The van der Waals surface area contributed by atoms with Gasteiger partial charge in [0.15, 0.2) is 0 Å². The minimum Gasteiger partial charge on any atom is -0.265 e. The molecule has 4 rings (SSSR count). The molecule has 0 saturated heterocycles. The second-order valence-electron chi connectivity index (χ2n) is 5.57. The molecule has 0 unspecified atom stereocenters. The van der Waals surface area contributed by atoms with E-state index >= 15 is 0 Å². The highest BCUT2D eigenvalue weighted by atomic mass is 35.5. The van der Waals surface area contributed by atoms with Crippen molar-refractivity contribution in [3.63, 3.8) is 0 Å². The van der Waals surface area contributed by atoms with Crippen LogP contribution in [0.25, 0.3) is 22.3 Å². The summed E-state index contributed by atoms with van der Waals surface area (Å²) >= 11 is 5.93. The van der Waals surface area contributed by atoms with Crippen molar-refractivity contribution in [2.24, 2.45) is 0 Å². The second kappa shape index (κ2) is 5.82. The smallest absolute Gasteiger partial charge is 0.265 e. The third kappa shape index (κ3) is 2.60. The van der Waals surface area contributed by atoms with E-state index in [1.54, 1.807) is 42.1 Å². The lowest BCUT2D eigenvalue weighted by Gasteiger charge is -2.08. The lowest BCUT2D eigenvalue weighted by molar-refractivity contribution is 0.626. The van der Waals surface area contributed by atoms with E-state index in [4.69, 9.17) is 11.6 Å². The number of aromatic nitrogens is 4. The first-order valence-corrected chi connectivity index (χ1v) is 7.92. The van der Waals surface area contributed by atoms with Crippen molar-refractivity contribution in [1.82, 2.24) is 19.6 Å². The number of hydrogen-bond acceptors (Lipinski definition) is 3. The normalized spacial score (nSPS) is 11.2. The van der Waals surface area contributed by atoms with Crippen molar-refractivity contribution in [3.8, 4) is 11.4 Å². The van der Waals surface area contributed by atoms with Gasteiger partial charge in [-0.1, -0.05) is 11.6 Å². The Bertz CT molecular complexity index is 1130. The topological polar surface area (TPSA) is 52.7 Å². The van der Waals surface area contributed by atoms with Crippen molar-refractivity contribution in [2.45, 2.75) is 6.92 Å². The molecule has 0 aliphatic rings. The number of hydrogen-bond donors (Lipinski definition) is 0. The molecule has 25 heavy (non-hydrogen) atoms. The molecule has 2 aromatic carbocycles. The molecule has 0 radical (unpaired) electrons. The van der Waals surface area contributed by atoms with Gasteiger partial charge in [0.25, 0.3) is 5.56 Å². The second-order valence-corrected chi connectivity index (χ2v) is 6.01. The Morgan fingerprint density at radius 2 is 1.56 bits per heavy atom. The molecule has 124 valence electrons. The van der Waals surface area contributed by atoms with Gasteiger partial charge in [0.2, 0.25) is 0 Å². The summed E-state index contributed by atoms with van der Waals surface area (Å²) in [7, 11) is 0. The lowest BCUT2D eigenvalue weighted by Crippen LogP contribution is -2.24. The highest BCUT2D eigenvalue weighted by Crippen LogP contribution is 2.19. The molecular weight excluding hydrogens is 343 g/mol. The summed E-state index contributed by atoms with van der Waals surface area (Å²) in [6.45, 7) is 1.80. The van der Waals surface area contributed by atoms with Gasteiger partial charge in [-0.25, -0.2) is 9.07 Å². The summed E-state index contributed by atoms with van der Waals surface area (Å²) in [5.41, 5.74) is 1.92. The molecule has 0 bridgehead atoms. The van der Waals surface area contributed by atoms with E-state index in [1.807, 2.05) is 0 Å². The third-order valence-electron chi connectivity index (χ3n) is 3.95. The molecule has 5 nitrogen and oxygen atoms in total. The Morgan fingerprint density at radius 3 is 2.24 bits per heavy atom. The molecule has 0 N–H and O–H groups in total. The average molecular weight is 355 g/mol. The highest BCUT2D eigenvalue weighted by molar-refractivity contribution is 6.30. The molecule has 2 heterocycles. The molecule has 0 spiro atoms. The first-order chi connectivity index (χ1) is 12.0. The van der Waals surface area contributed by atoms with Crippen LogP contribution < -0.4 is 5.56 Å². The summed E-state index contributed by atoms with van der Waals surface area (Å²) in [5.74, 6) is -0.374. The first kappa shape index (κ1) is 15.5. The van der Waals surface area contributed by atoms with Crippen molar-refractivity contribution >= 4 is 22.5 Å². The van der Waals surface area contributed by atoms with E-state index in [0.29, 0.717) is 33.0 Å². The van der Waals surface area contributed by atoms with Crippen LogP contribution in [0.3, 0.4) is 0 Å². The predicted octanol–water partition coefficient (Wildman–Crippen LogP) is 3.67. The molecule has 2 aromatic heterocycles. The van der Waals surface area contributed by atoms with E-state index < -0.39 is 0 Å². The quantitative estimate of drug-likeness (QED) is 0.552. The highest BCUT2D eigenvalue weighted by Gasteiger charge is 2.16. The minimum atomic E-state index is -0.374. The molecule has 0 saturated carbocycles. The van der Waals surface area contributed by atoms with Crippen molar-refractivity contribution in [2.75, 3.05) is 0 Å². The van der Waals surface area contributed by atoms with Gasteiger partial charge in [-0.15, -0.1) is 0 Å². The largest absolute Gasteiger partial charge is 0.298 e. The number of fused-ring (bicyclic) bond motifs is 1. The molecule has 4 aromatic rings. The Morgan fingerprint density at radius 1 is 0.960 bits per heavy atom. The van der Waals surface area contributed by atoms with E-state index in [2.05, 4.69) is 10.2 Å². The maximum atomic E-state index is 13.2. The van der Waals surface area contributed by atoms with Gasteiger partial charge < -0.3 is 0 Å². The molecule has 0 amide bonds. The van der Waals surface area contributed by atoms with Gasteiger partial charge in [-0.2, -0.15) is 14.9 Å². The SMILES string of the molecule is Cc1nn(-c2ccc(F)cc2)c(=O)c2c1cnn2-c1ccc(Cl)cc1. The maximum absolute atomic E-state index is 13.2. The average Bonchev–Trinajstić information content (AvgIpc) is 3.06. The van der Waals surface area contributed by atoms with Crippen LogP contribution in [0.2, 0.25) is 5.02 Å². The predicted molar refractivity (Wildman–Crippen MR) is 94.2 cm³/mol. The molecule has 0 fully saturated rings. The van der Waals surface area contributed by atoms with Crippen molar-refractivity contribution < 1.29 is 4.39 Å². The van der Waals surface area contributed by atoms with Crippen LogP contribution in [0.5, 0.6) is 0 Å². The van der Waals surface area contributed by atoms with Gasteiger partial charge in [0.05, 0.1) is 23.3 Å². The molecule has 7 heteroatoms. The summed E-state index contributed by atoms with van der Waals surface area (Å²) in [4.78, 5) is 13.0. The fourth-order valence-corrected chi connectivity index (χ4v) is 2.83. The van der Waals surface area contributed by atoms with Crippen LogP contribution in [0.4, 0.5) is 4.39 Å². The van der Waals surface area contributed by atoms with Crippen molar-refractivity contribution in [1.29, 1.82) is 0 Å². The minimum absolute atomic E-state index is 0.334. The van der Waals surface area contributed by atoms with Crippen LogP contribution in [0.1, 0.15) is 5.69 Å². The summed E-state index contributed by atoms with van der Waals surface area (Å²) in [6.07, 6.45) is 1.61. The van der Waals surface area contributed by atoms with E-state index in [-0.39, 0.29) is 11.4 Å². The Labute approximate surface area is 146 Å². The Kier molecular flexibility index (Phi) is 3.62. The number of halogens is 2. The standard InChI is InChI=1S/C18H12ClFN4O/c1-11-16-10-21-23(14-6-2-12(19)3-7-14)17(16)18(25)24(22-11)15-8-4-13(20)5-9-15/h2-10H,1H3. The van der Waals surface area contributed by atoms with Crippen LogP contribution in [0, 0.1) is 12.7 Å². The third-order valence-corrected chi connectivity index (χ3v) is 4.20. The summed E-state index contributed by atoms with van der Waals surface area (Å²) in [5, 5.41) is 9.92. The van der Waals surface area contributed by atoms with E-state index in [1.165, 1.54) is 28.9 Å². The summed E-state index contributed by atoms with van der Waals surface area (Å²) in [6, 6.07) is 12.6. The maximum Gasteiger partial charge on any atom is 0.298 e. The van der Waals surface area contributed by atoms with E-state index in [9.17, 15) is 9.18 Å². The van der Waals surface area contributed by atoms with Gasteiger partial charge >= 0.3 is 0 Å². The number of aryl methyl sites for hydroxylation is 1. The Hall–Kier alpha value is -2.99. The molecular formula is C18H12ClFN4O. The zero-order valence-electron chi connectivity index (χ0n) is 13.1. The number of nitrogens with zero attached hydrogens (tertiary/aromatic N) is 4. The fraction of sp³-hybridized carbons (Fsp3) is 0.0556.